The molecule has 0 unspecified atom stereocenters. The molecule has 6 rings (SSSR count). The number of aromatic amines is 1. The number of nitrogens with zero attached hydrogens (tertiary/aromatic N) is 4. The van der Waals surface area contributed by atoms with Gasteiger partial charge in [0.2, 0.25) is 5.91 Å². The number of aromatic nitrogens is 4. The number of carbonyl (C=O) groups excluding carboxylic acids is 2. The second kappa shape index (κ2) is 11.8. The van der Waals surface area contributed by atoms with Crippen LogP contribution < -0.4 is 15.4 Å². The third-order valence-corrected chi connectivity index (χ3v) is 8.06. The molecule has 0 saturated carbocycles. The van der Waals surface area contributed by atoms with Gasteiger partial charge in [-0.25, -0.2) is 9.97 Å². The molecule has 2 aliphatic rings. The fourth-order valence-corrected chi connectivity index (χ4v) is 5.60. The van der Waals surface area contributed by atoms with Gasteiger partial charge in [-0.3, -0.25) is 14.7 Å². The summed E-state index contributed by atoms with van der Waals surface area (Å²) in [6, 6.07) is 14.2. The van der Waals surface area contributed by atoms with E-state index in [1.165, 1.54) is 0 Å². The van der Waals surface area contributed by atoms with Crippen molar-refractivity contribution in [1.29, 1.82) is 0 Å². The number of piperidine rings is 1. The topological polar surface area (TPSA) is 134 Å². The van der Waals surface area contributed by atoms with Gasteiger partial charge in [-0.1, -0.05) is 13.0 Å². The molecule has 0 spiro atoms. The van der Waals surface area contributed by atoms with E-state index in [-0.39, 0.29) is 23.3 Å². The highest BCUT2D eigenvalue weighted by molar-refractivity contribution is 6.03. The van der Waals surface area contributed by atoms with Crippen molar-refractivity contribution in [3.63, 3.8) is 0 Å². The average molecular weight is 570 g/mol. The molecule has 3 aromatic heterocycles. The molecule has 0 aliphatic carbocycles. The van der Waals surface area contributed by atoms with Crippen LogP contribution in [0.5, 0.6) is 11.5 Å². The van der Waals surface area contributed by atoms with E-state index in [1.54, 1.807) is 42.6 Å². The van der Waals surface area contributed by atoms with Crippen LogP contribution in [0.2, 0.25) is 0 Å². The van der Waals surface area contributed by atoms with Gasteiger partial charge in [-0.15, -0.1) is 0 Å². The van der Waals surface area contributed by atoms with E-state index in [1.807, 2.05) is 24.0 Å². The van der Waals surface area contributed by atoms with Crippen LogP contribution in [0, 0.1) is 12.3 Å². The number of carbonyl (C=O) groups is 2. The first-order chi connectivity index (χ1) is 20.4. The fraction of sp³-hybridized carbons (Fsp3) is 0.387. The highest BCUT2D eigenvalue weighted by Crippen LogP contribution is 2.35. The van der Waals surface area contributed by atoms with Crippen molar-refractivity contribution < 1.29 is 19.1 Å². The van der Waals surface area contributed by atoms with Gasteiger partial charge >= 0.3 is 0 Å². The smallest absolute Gasteiger partial charge is 0.256 e. The van der Waals surface area contributed by atoms with Gasteiger partial charge in [0.05, 0.1) is 5.41 Å². The Morgan fingerprint density at radius 2 is 1.93 bits per heavy atom. The monoisotopic (exact) mass is 569 g/mol. The van der Waals surface area contributed by atoms with E-state index in [4.69, 9.17) is 9.47 Å². The van der Waals surface area contributed by atoms with E-state index >= 15 is 0 Å². The summed E-state index contributed by atoms with van der Waals surface area (Å²) in [5.41, 5.74) is 1.54. The maximum atomic E-state index is 13.4. The summed E-state index contributed by atoms with van der Waals surface area (Å²) in [7, 11) is 0. The molecule has 2 aliphatic heterocycles. The number of anilines is 2. The fourth-order valence-electron chi connectivity index (χ4n) is 5.60. The zero-order chi connectivity index (χ0) is 29.1. The minimum atomic E-state index is -0.363. The quantitative estimate of drug-likeness (QED) is 0.285. The van der Waals surface area contributed by atoms with Crippen molar-refractivity contribution in [2.75, 3.05) is 36.9 Å². The summed E-state index contributed by atoms with van der Waals surface area (Å²) in [6.07, 6.45) is 5.01. The van der Waals surface area contributed by atoms with Crippen LogP contribution in [-0.2, 0) is 9.53 Å². The van der Waals surface area contributed by atoms with E-state index < -0.39 is 0 Å². The van der Waals surface area contributed by atoms with Crippen LogP contribution in [0.1, 0.15) is 48.7 Å². The van der Waals surface area contributed by atoms with Crippen molar-refractivity contribution in [2.45, 2.75) is 45.6 Å². The van der Waals surface area contributed by atoms with Gasteiger partial charge in [0, 0.05) is 55.9 Å². The van der Waals surface area contributed by atoms with Gasteiger partial charge in [0.15, 0.2) is 11.5 Å². The number of H-pyrrole nitrogens is 1. The molecule has 2 amide bonds. The molecule has 2 fully saturated rings. The second-order valence-electron chi connectivity index (χ2n) is 11.3. The van der Waals surface area contributed by atoms with Gasteiger partial charge < -0.3 is 25.0 Å². The normalized spacial score (nSPS) is 18.4. The summed E-state index contributed by atoms with van der Waals surface area (Å²) >= 11 is 0. The molecule has 0 radical (unpaired) electrons. The lowest BCUT2D eigenvalue weighted by Crippen LogP contribution is -2.51. The number of hydrogen-bond acceptors (Lipinski definition) is 8. The van der Waals surface area contributed by atoms with Crippen LogP contribution in [-0.4, -0.2) is 69.2 Å². The molecule has 2 saturated heterocycles. The molecule has 1 aromatic carbocycles. The Balaban J connectivity index is 1.14. The molecule has 5 heterocycles. The molecule has 0 bridgehead atoms. The summed E-state index contributed by atoms with van der Waals surface area (Å²) < 4.78 is 11.7. The molecular weight excluding hydrogens is 534 g/mol. The van der Waals surface area contributed by atoms with Crippen molar-refractivity contribution in [3.8, 4) is 11.5 Å². The first kappa shape index (κ1) is 27.6. The Morgan fingerprint density at radius 3 is 2.71 bits per heavy atom. The van der Waals surface area contributed by atoms with Crippen LogP contribution in [0.15, 0.2) is 54.7 Å². The van der Waals surface area contributed by atoms with Gasteiger partial charge in [0.25, 0.3) is 5.91 Å². The number of pyridine rings is 2. The predicted octanol–water partition coefficient (Wildman–Crippen LogP) is 4.93. The zero-order valence-corrected chi connectivity index (χ0v) is 23.9. The van der Waals surface area contributed by atoms with Crippen LogP contribution in [0.3, 0.4) is 0 Å². The Bertz CT molecular complexity index is 1580. The number of hydrogen-bond donors (Lipinski definition) is 3. The van der Waals surface area contributed by atoms with E-state index in [2.05, 4.69) is 37.7 Å². The molecule has 4 aromatic rings. The largest absolute Gasteiger partial charge is 0.456 e. The Kier molecular flexibility index (Phi) is 7.75. The SMILES string of the molecule is Cc1cccc(NC(=O)c2ccc(Oc3ccnc4[nH]nc(N[C@@H]5CCCN(C(=O)C6(C)CCOCC6)C5)c34)cc2)n1. The minimum absolute atomic E-state index is 0.0476. The van der Waals surface area contributed by atoms with E-state index in [0.717, 1.165) is 43.3 Å². The maximum absolute atomic E-state index is 13.4. The lowest BCUT2D eigenvalue weighted by molar-refractivity contribution is -0.147. The first-order valence-electron chi connectivity index (χ1n) is 14.4. The molecule has 11 nitrogen and oxygen atoms in total. The van der Waals surface area contributed by atoms with Gasteiger partial charge in [-0.05, 0) is 69.0 Å². The number of likely N-dealkylation sites (tertiary alicyclic amines) is 1. The standard InChI is InChI=1S/C31H35N7O4/c1-20-5-3-7-25(33-20)35-29(39)21-8-10-23(11-9-21)42-24-12-15-32-27-26(24)28(37-36-27)34-22-6-4-16-38(19-22)30(40)31(2)13-17-41-18-14-31/h3,5,7-12,15,22H,4,6,13-14,16-19H2,1-2H3,(H,33,35,39)(H2,32,34,36,37)/t22-/m1/s1. The summed E-state index contributed by atoms with van der Waals surface area (Å²) in [4.78, 5) is 36.8. The highest BCUT2D eigenvalue weighted by Gasteiger charge is 2.39. The maximum Gasteiger partial charge on any atom is 0.256 e. The summed E-state index contributed by atoms with van der Waals surface area (Å²) in [6.45, 7) is 6.58. The number of fused-ring (bicyclic) bond motifs is 1. The summed E-state index contributed by atoms with van der Waals surface area (Å²) in [5.74, 6) is 2.24. The Morgan fingerprint density at radius 1 is 1.12 bits per heavy atom. The van der Waals surface area contributed by atoms with Crippen LogP contribution >= 0.6 is 0 Å². The summed E-state index contributed by atoms with van der Waals surface area (Å²) in [5, 5.41) is 14.6. The molecular formula is C31H35N7O4. The van der Waals surface area contributed by atoms with Crippen molar-refractivity contribution in [3.05, 3.63) is 66.0 Å². The number of amides is 2. The number of benzene rings is 1. The van der Waals surface area contributed by atoms with Crippen molar-refractivity contribution in [1.82, 2.24) is 25.1 Å². The molecule has 42 heavy (non-hydrogen) atoms. The Hall–Kier alpha value is -4.51. The average Bonchev–Trinajstić information content (AvgIpc) is 3.41. The van der Waals surface area contributed by atoms with Crippen molar-refractivity contribution in [2.24, 2.45) is 5.41 Å². The number of aryl methyl sites for hydroxylation is 1. The van der Waals surface area contributed by atoms with Crippen LogP contribution in [0.4, 0.5) is 11.6 Å². The third kappa shape index (κ3) is 5.91. The second-order valence-corrected chi connectivity index (χ2v) is 11.3. The minimum Gasteiger partial charge on any atom is -0.456 e. The lowest BCUT2D eigenvalue weighted by Gasteiger charge is -2.40. The molecule has 3 N–H and O–H groups in total. The van der Waals surface area contributed by atoms with E-state index in [9.17, 15) is 9.59 Å². The van der Waals surface area contributed by atoms with Crippen molar-refractivity contribution >= 4 is 34.5 Å². The Labute approximate surface area is 244 Å². The van der Waals surface area contributed by atoms with Gasteiger partial charge in [-0.2, -0.15) is 5.10 Å². The van der Waals surface area contributed by atoms with E-state index in [0.29, 0.717) is 54.1 Å². The highest BCUT2D eigenvalue weighted by atomic mass is 16.5. The number of ether oxygens (including phenoxy) is 2. The lowest BCUT2D eigenvalue weighted by atomic mass is 9.80. The van der Waals surface area contributed by atoms with Gasteiger partial charge in [0.1, 0.15) is 22.7 Å². The first-order valence-corrected chi connectivity index (χ1v) is 14.4. The predicted molar refractivity (Wildman–Crippen MR) is 159 cm³/mol. The molecule has 11 heteroatoms. The number of nitrogens with one attached hydrogen (secondary N) is 3. The number of rotatable bonds is 7. The zero-order valence-electron chi connectivity index (χ0n) is 23.9. The molecule has 218 valence electrons. The van der Waals surface area contributed by atoms with Crippen LogP contribution in [0.25, 0.3) is 11.0 Å². The molecule has 1 atom stereocenters. The third-order valence-electron chi connectivity index (χ3n) is 8.06.